The van der Waals surface area contributed by atoms with Gasteiger partial charge in [-0.1, -0.05) is 23.8 Å². The lowest BCUT2D eigenvalue weighted by Crippen LogP contribution is -2.18. The van der Waals surface area contributed by atoms with Gasteiger partial charge < -0.3 is 14.2 Å². The highest BCUT2D eigenvalue weighted by Crippen LogP contribution is 2.35. The van der Waals surface area contributed by atoms with Crippen LogP contribution in [0.2, 0.25) is 0 Å². The average molecular weight is 569 g/mol. The molecule has 204 valence electrons. The molecule has 11 heteroatoms. The number of rotatable bonds is 10. The van der Waals surface area contributed by atoms with Crippen molar-refractivity contribution in [3.05, 3.63) is 96.1 Å². The second-order valence-electron chi connectivity index (χ2n) is 8.66. The Kier molecular flexibility index (Phi) is 8.03. The Bertz CT molecular complexity index is 1690. The molecule has 0 unspecified atom stereocenters. The average Bonchev–Trinajstić information content (AvgIpc) is 2.90. The van der Waals surface area contributed by atoms with Crippen LogP contribution in [-0.4, -0.2) is 31.1 Å². The van der Waals surface area contributed by atoms with Crippen molar-refractivity contribution >= 4 is 31.4 Å². The van der Waals surface area contributed by atoms with Crippen LogP contribution in [-0.2, 0) is 20.0 Å². The summed E-state index contributed by atoms with van der Waals surface area (Å²) in [4.78, 5) is -0.0786. The second kappa shape index (κ2) is 11.3. The van der Waals surface area contributed by atoms with Gasteiger partial charge in [0.2, 0.25) is 0 Å². The standard InChI is InChI=1S/C28H28N2O7S2/c1-19-5-13-24(14-6-19)38(31,32)29-25-15-12-23(37-22-10-8-21(35-3)9-11-22)18-26(25)30-39(33,34)28-16-7-20(2)17-27(28)36-4/h5-18,29-30H,1-4H3. The Morgan fingerprint density at radius 1 is 0.564 bits per heavy atom. The van der Waals surface area contributed by atoms with Gasteiger partial charge in [0.1, 0.15) is 27.9 Å². The molecule has 0 fully saturated rings. The molecule has 0 aliphatic heterocycles. The Labute approximate surface area is 228 Å². The lowest BCUT2D eigenvalue weighted by molar-refractivity contribution is 0.402. The predicted octanol–water partition coefficient (Wildman–Crippen LogP) is 5.71. The summed E-state index contributed by atoms with van der Waals surface area (Å²) >= 11 is 0. The fraction of sp³-hybridized carbons (Fsp3) is 0.143. The molecule has 9 nitrogen and oxygen atoms in total. The number of ether oxygens (including phenoxy) is 3. The minimum Gasteiger partial charge on any atom is -0.497 e. The zero-order chi connectivity index (χ0) is 28.2. The first-order valence-electron chi connectivity index (χ1n) is 11.7. The van der Waals surface area contributed by atoms with Crippen molar-refractivity contribution in [2.24, 2.45) is 0 Å². The molecule has 0 spiro atoms. The van der Waals surface area contributed by atoms with Crippen molar-refractivity contribution in [2.75, 3.05) is 23.7 Å². The van der Waals surface area contributed by atoms with Crippen molar-refractivity contribution in [3.63, 3.8) is 0 Å². The highest BCUT2D eigenvalue weighted by atomic mass is 32.2. The fourth-order valence-corrected chi connectivity index (χ4v) is 5.96. The first-order valence-corrected chi connectivity index (χ1v) is 14.7. The van der Waals surface area contributed by atoms with Gasteiger partial charge in [-0.2, -0.15) is 0 Å². The summed E-state index contributed by atoms with van der Waals surface area (Å²) in [5.74, 6) is 1.53. The summed E-state index contributed by atoms with van der Waals surface area (Å²) in [6, 6.07) is 22.1. The number of sulfonamides is 2. The number of hydrogen-bond acceptors (Lipinski definition) is 7. The van der Waals surface area contributed by atoms with Crippen LogP contribution < -0.4 is 23.7 Å². The van der Waals surface area contributed by atoms with Crippen molar-refractivity contribution < 1.29 is 31.0 Å². The van der Waals surface area contributed by atoms with Crippen LogP contribution in [0.1, 0.15) is 11.1 Å². The zero-order valence-corrected chi connectivity index (χ0v) is 23.4. The number of aryl methyl sites for hydroxylation is 2. The molecule has 39 heavy (non-hydrogen) atoms. The monoisotopic (exact) mass is 568 g/mol. The molecule has 0 aliphatic carbocycles. The van der Waals surface area contributed by atoms with Crippen LogP contribution >= 0.6 is 0 Å². The second-order valence-corrected chi connectivity index (χ2v) is 12.0. The third-order valence-electron chi connectivity index (χ3n) is 5.71. The maximum absolute atomic E-state index is 13.4. The minimum absolute atomic E-state index is 0.00677. The van der Waals surface area contributed by atoms with E-state index in [1.165, 1.54) is 43.5 Å². The molecule has 4 rings (SSSR count). The largest absolute Gasteiger partial charge is 0.497 e. The highest BCUT2D eigenvalue weighted by Gasteiger charge is 2.23. The lowest BCUT2D eigenvalue weighted by Gasteiger charge is -2.17. The molecule has 0 aromatic heterocycles. The van der Waals surface area contributed by atoms with Gasteiger partial charge in [-0.3, -0.25) is 9.44 Å². The van der Waals surface area contributed by atoms with Crippen LogP contribution in [0.25, 0.3) is 0 Å². The van der Waals surface area contributed by atoms with E-state index in [0.717, 1.165) is 11.1 Å². The summed E-state index contributed by atoms with van der Waals surface area (Å²) in [5.41, 5.74) is 1.67. The number of hydrogen-bond donors (Lipinski definition) is 2. The third-order valence-corrected chi connectivity index (χ3v) is 8.50. The predicted molar refractivity (Wildman–Crippen MR) is 150 cm³/mol. The molecular formula is C28H28N2O7S2. The highest BCUT2D eigenvalue weighted by molar-refractivity contribution is 7.93. The Balaban J connectivity index is 1.74. The van der Waals surface area contributed by atoms with Crippen LogP contribution in [0.4, 0.5) is 11.4 Å². The van der Waals surface area contributed by atoms with Gasteiger partial charge in [-0.25, -0.2) is 16.8 Å². The summed E-state index contributed by atoms with van der Waals surface area (Å²) < 4.78 is 74.4. The molecule has 0 heterocycles. The number of nitrogens with one attached hydrogen (secondary N) is 2. The van der Waals surface area contributed by atoms with Crippen LogP contribution in [0.5, 0.6) is 23.0 Å². The molecule has 4 aromatic carbocycles. The SMILES string of the molecule is COc1ccc(Oc2ccc(NS(=O)(=O)c3ccc(C)cc3)c(NS(=O)(=O)c3ccc(C)cc3OC)c2)cc1. The maximum atomic E-state index is 13.4. The minimum atomic E-state index is -4.20. The molecule has 0 saturated heterocycles. The Morgan fingerprint density at radius 3 is 1.79 bits per heavy atom. The van der Waals surface area contributed by atoms with Gasteiger partial charge in [-0.05, 0) is 80.1 Å². The molecule has 0 aliphatic rings. The first kappa shape index (κ1) is 27.8. The molecule has 0 radical (unpaired) electrons. The number of benzene rings is 4. The van der Waals surface area contributed by atoms with E-state index in [9.17, 15) is 16.8 Å². The molecule has 2 N–H and O–H groups in total. The Hall–Kier alpha value is -4.22. The molecule has 4 aromatic rings. The van der Waals surface area contributed by atoms with E-state index < -0.39 is 20.0 Å². The molecule has 0 saturated carbocycles. The van der Waals surface area contributed by atoms with E-state index >= 15 is 0 Å². The smallest absolute Gasteiger partial charge is 0.265 e. The topological polar surface area (TPSA) is 120 Å². The van der Waals surface area contributed by atoms with Gasteiger partial charge in [0, 0.05) is 6.07 Å². The van der Waals surface area contributed by atoms with Gasteiger partial charge in [0.15, 0.2) is 0 Å². The van der Waals surface area contributed by atoms with E-state index in [2.05, 4.69) is 9.44 Å². The molecule has 0 bridgehead atoms. The van der Waals surface area contributed by atoms with Gasteiger partial charge >= 0.3 is 0 Å². The van der Waals surface area contributed by atoms with E-state index in [1.54, 1.807) is 55.6 Å². The normalized spacial score (nSPS) is 11.5. The quantitative estimate of drug-likeness (QED) is 0.251. The van der Waals surface area contributed by atoms with Crippen LogP contribution in [0, 0.1) is 13.8 Å². The first-order chi connectivity index (χ1) is 18.5. The van der Waals surface area contributed by atoms with E-state index in [1.807, 2.05) is 13.8 Å². The number of anilines is 2. The molecule has 0 amide bonds. The van der Waals surface area contributed by atoms with Gasteiger partial charge in [0.25, 0.3) is 20.0 Å². The number of methoxy groups -OCH3 is 2. The Morgan fingerprint density at radius 2 is 1.15 bits per heavy atom. The molecular weight excluding hydrogens is 540 g/mol. The van der Waals surface area contributed by atoms with Gasteiger partial charge in [0.05, 0.1) is 30.5 Å². The summed E-state index contributed by atoms with van der Waals surface area (Å²) in [7, 11) is -5.31. The van der Waals surface area contributed by atoms with Crippen molar-refractivity contribution in [2.45, 2.75) is 23.6 Å². The zero-order valence-electron chi connectivity index (χ0n) is 21.8. The third kappa shape index (κ3) is 6.62. The van der Waals surface area contributed by atoms with E-state index in [0.29, 0.717) is 11.5 Å². The van der Waals surface area contributed by atoms with Gasteiger partial charge in [-0.15, -0.1) is 0 Å². The maximum Gasteiger partial charge on any atom is 0.265 e. The van der Waals surface area contributed by atoms with Crippen molar-refractivity contribution in [1.29, 1.82) is 0 Å². The summed E-state index contributed by atoms with van der Waals surface area (Å²) in [5, 5.41) is 0. The van der Waals surface area contributed by atoms with E-state index in [-0.39, 0.29) is 32.7 Å². The fourth-order valence-electron chi connectivity index (χ4n) is 3.66. The lowest BCUT2D eigenvalue weighted by atomic mass is 10.2. The van der Waals surface area contributed by atoms with Crippen molar-refractivity contribution in [1.82, 2.24) is 0 Å². The van der Waals surface area contributed by atoms with Crippen LogP contribution in [0.15, 0.2) is 94.7 Å². The molecule has 0 atom stereocenters. The summed E-state index contributed by atoms with van der Waals surface area (Å²) in [6.07, 6.45) is 0. The van der Waals surface area contributed by atoms with E-state index in [4.69, 9.17) is 14.2 Å². The van der Waals surface area contributed by atoms with Crippen molar-refractivity contribution in [3.8, 4) is 23.0 Å². The summed E-state index contributed by atoms with van der Waals surface area (Å²) in [6.45, 7) is 3.65. The van der Waals surface area contributed by atoms with Crippen LogP contribution in [0.3, 0.4) is 0 Å².